The maximum Gasteiger partial charge on any atom is 0.410 e. The van der Waals surface area contributed by atoms with Crippen LogP contribution in [0.25, 0.3) is 0 Å². The highest BCUT2D eigenvalue weighted by Crippen LogP contribution is 2.31. The molecule has 4 rings (SSSR count). The number of carboxylic acids is 1. The first kappa shape index (κ1) is 109. The number of imide groups is 1. The van der Waals surface area contributed by atoms with E-state index in [9.17, 15) is 77.3 Å². The Balaban J connectivity index is 1.15. The van der Waals surface area contributed by atoms with Crippen molar-refractivity contribution in [2.24, 2.45) is 35.3 Å². The Labute approximate surface area is 740 Å². The van der Waals surface area contributed by atoms with E-state index in [1.54, 1.807) is 109 Å². The first-order valence-electron chi connectivity index (χ1n) is 43.7. The van der Waals surface area contributed by atoms with Crippen LogP contribution in [0.3, 0.4) is 0 Å². The van der Waals surface area contributed by atoms with Crippen molar-refractivity contribution in [2.75, 3.05) is 139 Å². The second-order valence-corrected chi connectivity index (χ2v) is 32.6. The second-order valence-electron chi connectivity index (χ2n) is 32.6. The molecule has 12 N–H and O–H groups in total. The van der Waals surface area contributed by atoms with Crippen molar-refractivity contribution in [3.05, 3.63) is 77.9 Å². The lowest BCUT2D eigenvalue weighted by molar-refractivity contribution is -0.148. The van der Waals surface area contributed by atoms with Gasteiger partial charge >= 0.3 is 18.1 Å². The van der Waals surface area contributed by atoms with E-state index in [1.165, 1.54) is 38.3 Å². The zero-order chi connectivity index (χ0) is 93.4. The summed E-state index contributed by atoms with van der Waals surface area (Å²) in [6, 6.07) is 7.61. The molecule has 0 bridgehead atoms. The fourth-order valence-electron chi connectivity index (χ4n) is 14.7. The lowest BCUT2D eigenvalue weighted by atomic mass is 9.89. The molecule has 1 saturated heterocycles. The molecule has 2 heterocycles. The van der Waals surface area contributed by atoms with E-state index in [4.69, 9.17) is 48.4 Å². The molecule has 4 unspecified atom stereocenters. The predicted octanol–water partition coefficient (Wildman–Crippen LogP) is 4.03. The molecule has 38 nitrogen and oxygen atoms in total. The van der Waals surface area contributed by atoms with Crippen molar-refractivity contribution >= 4 is 88.8 Å². The van der Waals surface area contributed by atoms with Crippen molar-refractivity contribution in [2.45, 2.75) is 226 Å². The first-order chi connectivity index (χ1) is 60.0. The largest absolute Gasteiger partial charge is 0.481 e. The van der Waals surface area contributed by atoms with Gasteiger partial charge in [0, 0.05) is 97.6 Å². The zero-order valence-electron chi connectivity index (χ0n) is 76.0. The maximum absolute atomic E-state index is 14.9. The third kappa shape index (κ3) is 39.2. The smallest absolute Gasteiger partial charge is 0.410 e. The van der Waals surface area contributed by atoms with Gasteiger partial charge in [0.1, 0.15) is 30.8 Å². The van der Waals surface area contributed by atoms with Crippen LogP contribution in [-0.4, -0.2) is 307 Å². The van der Waals surface area contributed by atoms with E-state index in [0.717, 1.165) is 4.90 Å². The highest BCUT2D eigenvalue weighted by molar-refractivity contribution is 6.13. The van der Waals surface area contributed by atoms with Crippen LogP contribution in [0.2, 0.25) is 0 Å². The molecule has 38 heteroatoms. The number of hydrogen-bond acceptors (Lipinski definition) is 24. The second kappa shape index (κ2) is 59.3. The van der Waals surface area contributed by atoms with Gasteiger partial charge in [-0.05, 0) is 92.4 Å². The van der Waals surface area contributed by atoms with Crippen LogP contribution < -0.4 is 48.3 Å². The van der Waals surface area contributed by atoms with Crippen molar-refractivity contribution in [1.82, 2.24) is 56.8 Å². The number of aliphatic hydroxyl groups is 1. The van der Waals surface area contributed by atoms with Gasteiger partial charge < -0.3 is 111 Å². The third-order valence-electron chi connectivity index (χ3n) is 21.8. The molecule has 126 heavy (non-hydrogen) atoms. The number of rotatable bonds is 64. The number of nitrogens with two attached hydrogens (primary N) is 1. The average Bonchev–Trinajstić information content (AvgIpc) is 1.49. The van der Waals surface area contributed by atoms with E-state index in [-0.39, 0.29) is 141 Å². The number of urea groups is 1. The van der Waals surface area contributed by atoms with Crippen molar-refractivity contribution < 1.29 is 120 Å². The fourth-order valence-corrected chi connectivity index (χ4v) is 14.7. The number of aliphatic hydroxyl groups excluding tert-OH is 1. The fraction of sp³-hybridized carbons (Fsp3) is 0.682. The highest BCUT2D eigenvalue weighted by Gasteiger charge is 2.44. The Morgan fingerprint density at radius 1 is 0.571 bits per heavy atom. The van der Waals surface area contributed by atoms with E-state index in [1.807, 2.05) is 32.0 Å². The van der Waals surface area contributed by atoms with Crippen molar-refractivity contribution in [3.63, 3.8) is 0 Å². The number of methoxy groups -OCH3 is 2. The Kier molecular flexibility index (Phi) is 51.1. The molecule has 708 valence electrons. The van der Waals surface area contributed by atoms with Gasteiger partial charge in [-0.25, -0.2) is 9.59 Å². The molecule has 1 fully saturated rings. The van der Waals surface area contributed by atoms with Gasteiger partial charge in [0.2, 0.25) is 53.2 Å². The summed E-state index contributed by atoms with van der Waals surface area (Å²) in [5.74, 6) is -8.32. The van der Waals surface area contributed by atoms with E-state index in [0.29, 0.717) is 94.9 Å². The minimum atomic E-state index is -1.17. The van der Waals surface area contributed by atoms with E-state index < -0.39 is 156 Å². The average molecular weight is 1780 g/mol. The molecule has 0 spiro atoms. The summed E-state index contributed by atoms with van der Waals surface area (Å²) >= 11 is 0. The number of amides is 14. The molecule has 2 aliphatic rings. The van der Waals surface area contributed by atoms with Crippen LogP contribution in [0.1, 0.15) is 170 Å². The zero-order valence-corrected chi connectivity index (χ0v) is 76.0. The molecule has 2 aromatic rings. The number of ether oxygens (including phenoxy) is 9. The van der Waals surface area contributed by atoms with E-state index in [2.05, 4.69) is 42.5 Å². The highest BCUT2D eigenvalue weighted by atomic mass is 16.6. The molecular formula is C88H141N13O25. The van der Waals surface area contributed by atoms with Crippen LogP contribution in [0, 0.1) is 29.6 Å². The number of nitrogens with zero attached hydrogens (tertiary/aromatic N) is 4. The standard InChI is InChI=1S/C88H141N13O25/c1-15-59(8)79(68(118-13)54-74(107)100-39-23-27-67(100)81(119-14)60(9)82(111)92-61(10)80(110)63-24-18-16-19-25-63)98(11)86(115)77(57(4)5)97-85(114)78(58(6)7)99(12)88(117)126-55-62-29-31-64(32-30-62)94-83(112)66(26-22-36-91-87(89)116)95-84(113)76(56(2)3)96-70(103)35-40-120-42-44-122-46-48-124-50-51-125-49-47-123-45-43-121-41-37-90-71(104)52-65(53-75(108)109)93-69(102)28-20-17-21-38-101-72(105)33-34-73(101)106/h16,18-19,24-25,29-34,56-61,65-68,76-81,110H,15,17,20-23,26-28,35-55H2,1-14H3,(H,90,104)(H,92,111)(H,93,102)(H,94,112)(H,95,113)(H,96,103)(H,97,114)(H,108,109)(H3,89,91,116)/t59-,60+,61+,65?,66?,67-,68+,76?,77-,78-,79-,80?,81+/m0/s1. The van der Waals surface area contributed by atoms with Crippen LogP contribution in [0.4, 0.5) is 15.3 Å². The Morgan fingerprint density at radius 3 is 1.70 bits per heavy atom. The molecule has 14 amide bonds. The summed E-state index contributed by atoms with van der Waals surface area (Å²) in [5.41, 5.74) is 6.77. The first-order valence-corrected chi connectivity index (χ1v) is 43.7. The van der Waals surface area contributed by atoms with Crippen molar-refractivity contribution in [1.29, 1.82) is 0 Å². The Hall–Kier alpha value is -9.80. The molecule has 2 aliphatic heterocycles. The predicted molar refractivity (Wildman–Crippen MR) is 465 cm³/mol. The maximum atomic E-state index is 14.9. The summed E-state index contributed by atoms with van der Waals surface area (Å²) in [5, 5.41) is 42.2. The monoisotopic (exact) mass is 1780 g/mol. The number of carbonyl (C=O) groups is 14. The number of anilines is 1. The minimum absolute atomic E-state index is 0.0226. The van der Waals surface area contributed by atoms with Gasteiger partial charge in [0.05, 0.1) is 134 Å². The number of nitrogens with one attached hydrogen (secondary N) is 8. The molecule has 0 aromatic heterocycles. The number of likely N-dealkylation sites (tertiary alicyclic amines) is 1. The van der Waals surface area contributed by atoms with Crippen LogP contribution in [0.15, 0.2) is 66.7 Å². The third-order valence-corrected chi connectivity index (χ3v) is 21.8. The van der Waals surface area contributed by atoms with Crippen LogP contribution in [-0.2, 0) is 107 Å². The van der Waals surface area contributed by atoms with Crippen LogP contribution >= 0.6 is 0 Å². The normalized spacial score (nSPS) is 16.1. The number of hydrogen-bond donors (Lipinski definition) is 11. The summed E-state index contributed by atoms with van der Waals surface area (Å²) in [4.78, 5) is 189. The lowest BCUT2D eigenvalue weighted by Crippen LogP contribution is -2.60. The molecule has 13 atom stereocenters. The number of carboxylic acid groups (broad SMARTS) is 1. The Morgan fingerprint density at radius 2 is 1.15 bits per heavy atom. The molecular weight excluding hydrogens is 1640 g/mol. The minimum Gasteiger partial charge on any atom is -0.481 e. The number of aliphatic carboxylic acids is 1. The Bertz CT molecular complexity index is 3730. The summed E-state index contributed by atoms with van der Waals surface area (Å²) in [7, 11) is 6.06. The summed E-state index contributed by atoms with van der Waals surface area (Å²) in [6.07, 6.45) is 2.06. The van der Waals surface area contributed by atoms with Gasteiger partial charge in [0.25, 0.3) is 11.8 Å². The number of benzene rings is 2. The van der Waals surface area contributed by atoms with Gasteiger partial charge in [-0.2, -0.15) is 0 Å². The SMILES string of the molecule is CC[C@H](C)[C@@H]([C@@H](CC(=O)N1CCC[C@H]1[C@H](OC)[C@@H](C)C(=O)N[C@H](C)C(O)c1ccccc1)OC)N(C)C(=O)[C@@H](NC(=O)[C@H](C(C)C)N(C)C(=O)OCc1ccc(NC(=O)C(CCCNC(N)=O)NC(=O)C(NC(=O)CCOCCOCCOCCOCCOCCOCCNC(=O)CC(CC(=O)O)NC(=O)CCCCCN2C(=O)C=CC2=O)C(C)C)cc1)C(C)C. The van der Waals surface area contributed by atoms with Gasteiger partial charge in [-0.15, -0.1) is 0 Å². The summed E-state index contributed by atoms with van der Waals surface area (Å²) in [6.45, 7) is 21.6. The number of primary amides is 1. The lowest BCUT2D eigenvalue weighted by Gasteiger charge is -2.41. The molecule has 0 aliphatic carbocycles. The van der Waals surface area contributed by atoms with Gasteiger partial charge in [-0.3, -0.25) is 67.3 Å². The number of likely N-dealkylation sites (N-methyl/N-ethyl adjacent to an activating group) is 2. The molecule has 2 aromatic carbocycles. The quantitative estimate of drug-likeness (QED) is 0.0329. The van der Waals surface area contributed by atoms with Gasteiger partial charge in [0.15, 0.2) is 0 Å². The molecule has 0 saturated carbocycles. The number of unbranched alkanes of at least 4 members (excludes halogenated alkanes) is 2. The summed E-state index contributed by atoms with van der Waals surface area (Å²) < 4.78 is 51.0. The van der Waals surface area contributed by atoms with E-state index >= 15 is 0 Å². The molecule has 0 radical (unpaired) electrons. The topological polar surface area (TPSA) is 498 Å². The van der Waals surface area contributed by atoms with Crippen LogP contribution in [0.5, 0.6) is 0 Å². The number of carbonyl (C=O) groups excluding carboxylic acids is 13. The van der Waals surface area contributed by atoms with Gasteiger partial charge in [-0.1, -0.05) is 118 Å². The van der Waals surface area contributed by atoms with Crippen molar-refractivity contribution in [3.8, 4) is 0 Å².